The fraction of sp³-hybridized carbons (Fsp3) is 0. The topological polar surface area (TPSA) is 20.2 Å². The zero-order chi connectivity index (χ0) is 7.72. The smallest absolute Gasteiger partial charge is 0.187 e. The molecule has 1 aromatic rings. The molecule has 1 rings (SSSR count). The summed E-state index contributed by atoms with van der Waals surface area (Å²) in [5.41, 5.74) is 0. The highest BCUT2D eigenvalue weighted by Gasteiger charge is 2.06. The Morgan fingerprint density at radius 3 is 1.91 bits per heavy atom. The number of aromatic hydroxyl groups is 1. The molecule has 0 aromatic heterocycles. The number of hydrogen-bond donors (Lipinski definition) is 1. The Morgan fingerprint density at radius 1 is 1.18 bits per heavy atom. The molecule has 1 N–H and O–H groups in total. The van der Waals surface area contributed by atoms with Gasteiger partial charge in [0.15, 0.2) is 17.4 Å². The Bertz CT molecular complexity index is 242. The van der Waals surface area contributed by atoms with Crippen molar-refractivity contribution in [3.8, 4) is 5.75 Å². The van der Waals surface area contributed by atoms with Crippen LogP contribution in [0.25, 0.3) is 0 Å². The van der Waals surface area contributed by atoms with Crippen molar-refractivity contribution in [2.24, 2.45) is 0 Å². The van der Waals surface area contributed by atoms with Crippen molar-refractivity contribution in [3.63, 3.8) is 0 Å². The summed E-state index contributed by atoms with van der Waals surface area (Å²) < 4.78 is 24.9. The molecule has 0 unspecified atom stereocenters. The number of phenolic OH excluding ortho intramolecular Hbond substituents is 1. The summed E-state index contributed by atoms with van der Waals surface area (Å²) in [6, 6.07) is 1.97. The molecular weight excluding hydrogens is 286 g/mol. The van der Waals surface area contributed by atoms with Gasteiger partial charge in [-0.15, -0.1) is 17.0 Å². The predicted octanol–water partition coefficient (Wildman–Crippen LogP) is 3.01. The molecule has 5 heteroatoms. The lowest BCUT2D eigenvalue weighted by Gasteiger charge is -1.96. The van der Waals surface area contributed by atoms with E-state index in [2.05, 4.69) is 15.9 Å². The first-order chi connectivity index (χ1) is 4.61. The van der Waals surface area contributed by atoms with Gasteiger partial charge >= 0.3 is 0 Å². The maximum Gasteiger partial charge on any atom is 0.187 e. The minimum atomic E-state index is -0.966. The van der Waals surface area contributed by atoms with Crippen LogP contribution in [-0.2, 0) is 0 Å². The normalized spacial score (nSPS) is 9.00. The van der Waals surface area contributed by atoms with Crippen LogP contribution in [0.3, 0.4) is 0 Å². The summed E-state index contributed by atoms with van der Waals surface area (Å²) in [4.78, 5) is 0. The van der Waals surface area contributed by atoms with Crippen LogP contribution in [0, 0.1) is 11.6 Å². The molecule has 0 aliphatic carbocycles. The third-order valence-electron chi connectivity index (χ3n) is 0.982. The molecule has 0 saturated heterocycles. The quantitative estimate of drug-likeness (QED) is 0.778. The third-order valence-corrected chi connectivity index (χ3v) is 1.44. The van der Waals surface area contributed by atoms with Gasteiger partial charge in [0.25, 0.3) is 0 Å². The fourth-order valence-corrected chi connectivity index (χ4v) is 0.937. The van der Waals surface area contributed by atoms with E-state index in [0.717, 1.165) is 12.1 Å². The molecule has 1 aromatic carbocycles. The van der Waals surface area contributed by atoms with Crippen LogP contribution in [0.15, 0.2) is 16.6 Å². The van der Waals surface area contributed by atoms with E-state index in [4.69, 9.17) is 5.11 Å². The number of benzene rings is 1. The number of halogens is 4. The van der Waals surface area contributed by atoms with Gasteiger partial charge < -0.3 is 5.11 Å². The predicted molar refractivity (Wildman–Crippen MR) is 46.0 cm³/mol. The summed E-state index contributed by atoms with van der Waals surface area (Å²) in [5, 5.41) is 8.56. The lowest BCUT2D eigenvalue weighted by Crippen LogP contribution is -1.81. The first-order valence-electron chi connectivity index (χ1n) is 2.45. The molecule has 0 heterocycles. The molecule has 0 aliphatic heterocycles. The van der Waals surface area contributed by atoms with Crippen LogP contribution in [-0.4, -0.2) is 5.11 Å². The molecule has 0 bridgehead atoms. The van der Waals surface area contributed by atoms with E-state index in [9.17, 15) is 8.78 Å². The van der Waals surface area contributed by atoms with Gasteiger partial charge in [-0.3, -0.25) is 0 Å². The summed E-state index contributed by atoms with van der Waals surface area (Å²) in [6.07, 6.45) is 0. The summed E-state index contributed by atoms with van der Waals surface area (Å²) >= 11 is 2.86. The van der Waals surface area contributed by atoms with Gasteiger partial charge in [-0.25, -0.2) is 8.78 Å². The maximum atomic E-state index is 12.3. The van der Waals surface area contributed by atoms with E-state index in [1.165, 1.54) is 0 Å². The van der Waals surface area contributed by atoms with Gasteiger partial charge in [-0.2, -0.15) is 0 Å². The molecule has 0 spiro atoms. The number of phenols is 1. The van der Waals surface area contributed by atoms with Crippen molar-refractivity contribution in [1.82, 2.24) is 0 Å². The largest absolute Gasteiger partial charge is 0.503 e. The molecule has 0 saturated carbocycles. The highest BCUT2D eigenvalue weighted by Crippen LogP contribution is 2.23. The van der Waals surface area contributed by atoms with Crippen molar-refractivity contribution in [3.05, 3.63) is 28.2 Å². The second-order valence-corrected chi connectivity index (χ2v) is 2.63. The molecule has 0 amide bonds. The van der Waals surface area contributed by atoms with Crippen LogP contribution in [0.1, 0.15) is 0 Å². The molecule has 0 aliphatic rings. The SMILES string of the molecule is Br.Oc1c(F)cc(Br)cc1F. The van der Waals surface area contributed by atoms with Crippen LogP contribution < -0.4 is 0 Å². The average molecular weight is 290 g/mol. The molecule has 0 atom stereocenters. The third kappa shape index (κ3) is 2.41. The Morgan fingerprint density at radius 2 is 1.55 bits per heavy atom. The van der Waals surface area contributed by atoms with Crippen molar-refractivity contribution < 1.29 is 13.9 Å². The van der Waals surface area contributed by atoms with Gasteiger partial charge in [-0.1, -0.05) is 15.9 Å². The van der Waals surface area contributed by atoms with E-state index in [1.54, 1.807) is 0 Å². The zero-order valence-corrected chi connectivity index (χ0v) is 8.44. The standard InChI is InChI=1S/C6H3BrF2O.BrH/c7-3-1-4(8)6(10)5(9)2-3;/h1-2,10H;1H. The van der Waals surface area contributed by atoms with Crippen molar-refractivity contribution in [2.45, 2.75) is 0 Å². The molecule has 0 radical (unpaired) electrons. The lowest BCUT2D eigenvalue weighted by atomic mass is 10.3. The van der Waals surface area contributed by atoms with Crippen molar-refractivity contribution >= 4 is 32.9 Å². The summed E-state index contributed by atoms with van der Waals surface area (Å²) in [7, 11) is 0. The van der Waals surface area contributed by atoms with Gasteiger partial charge in [0.05, 0.1) is 0 Å². The summed E-state index contributed by atoms with van der Waals surface area (Å²) in [6.45, 7) is 0. The molecular formula is C6H4Br2F2O. The maximum absolute atomic E-state index is 12.3. The highest BCUT2D eigenvalue weighted by molar-refractivity contribution is 9.10. The Kier molecular flexibility index (Phi) is 3.96. The number of hydrogen-bond acceptors (Lipinski definition) is 1. The zero-order valence-electron chi connectivity index (χ0n) is 5.14. The van der Waals surface area contributed by atoms with E-state index in [-0.39, 0.29) is 21.5 Å². The first-order valence-corrected chi connectivity index (χ1v) is 3.24. The van der Waals surface area contributed by atoms with Crippen molar-refractivity contribution in [1.29, 1.82) is 0 Å². The van der Waals surface area contributed by atoms with Crippen LogP contribution in [0.4, 0.5) is 8.78 Å². The van der Waals surface area contributed by atoms with Crippen LogP contribution in [0.2, 0.25) is 0 Å². The lowest BCUT2D eigenvalue weighted by molar-refractivity contribution is 0.396. The highest BCUT2D eigenvalue weighted by atomic mass is 79.9. The average Bonchev–Trinajstić information content (AvgIpc) is 1.82. The van der Waals surface area contributed by atoms with Gasteiger partial charge in [0.1, 0.15) is 0 Å². The molecule has 11 heavy (non-hydrogen) atoms. The number of rotatable bonds is 0. The van der Waals surface area contributed by atoms with E-state index < -0.39 is 17.4 Å². The minimum absolute atomic E-state index is 0. The minimum Gasteiger partial charge on any atom is -0.503 e. The Labute approximate surface area is 80.9 Å². The van der Waals surface area contributed by atoms with Gasteiger partial charge in [-0.05, 0) is 12.1 Å². The Balaban J connectivity index is 0.000001000. The second kappa shape index (κ2) is 4.01. The van der Waals surface area contributed by atoms with Crippen molar-refractivity contribution in [2.75, 3.05) is 0 Å². The van der Waals surface area contributed by atoms with Crippen LogP contribution >= 0.6 is 32.9 Å². The summed E-state index contributed by atoms with van der Waals surface area (Å²) in [5.74, 6) is -2.87. The van der Waals surface area contributed by atoms with E-state index in [0.29, 0.717) is 0 Å². The molecule has 1 nitrogen and oxygen atoms in total. The Hall–Kier alpha value is -0.160. The second-order valence-electron chi connectivity index (χ2n) is 1.72. The fourth-order valence-electron chi connectivity index (χ4n) is 0.535. The van der Waals surface area contributed by atoms with Gasteiger partial charge in [0, 0.05) is 4.47 Å². The monoisotopic (exact) mass is 288 g/mol. The first kappa shape index (κ1) is 10.8. The molecule has 0 fully saturated rings. The van der Waals surface area contributed by atoms with Gasteiger partial charge in [0.2, 0.25) is 0 Å². The molecule has 62 valence electrons. The van der Waals surface area contributed by atoms with E-state index >= 15 is 0 Å². The van der Waals surface area contributed by atoms with E-state index in [1.807, 2.05) is 0 Å². The van der Waals surface area contributed by atoms with Crippen LogP contribution in [0.5, 0.6) is 5.75 Å².